The maximum atomic E-state index is 12.6. The van der Waals surface area contributed by atoms with E-state index in [0.29, 0.717) is 5.69 Å². The number of nitrogens with two attached hydrogens (primary N) is 1. The SMILES string of the molecule is Nc1cc(F)ccc1NCCSC(F)(F)F. The van der Waals surface area contributed by atoms with Gasteiger partial charge in [0, 0.05) is 12.3 Å². The first-order chi connectivity index (χ1) is 7.38. The number of nitrogens with one attached hydrogen (secondary N) is 1. The Hall–Kier alpha value is -1.11. The Morgan fingerprint density at radius 1 is 1.31 bits per heavy atom. The number of hydrogen-bond acceptors (Lipinski definition) is 3. The van der Waals surface area contributed by atoms with Gasteiger partial charge in [0.25, 0.3) is 0 Å². The molecule has 0 radical (unpaired) electrons. The van der Waals surface area contributed by atoms with Crippen LogP contribution in [0.1, 0.15) is 0 Å². The molecule has 2 nitrogen and oxygen atoms in total. The van der Waals surface area contributed by atoms with Crippen molar-refractivity contribution in [2.45, 2.75) is 5.51 Å². The monoisotopic (exact) mass is 254 g/mol. The average molecular weight is 254 g/mol. The molecular weight excluding hydrogens is 244 g/mol. The molecule has 0 unspecified atom stereocenters. The molecule has 0 aliphatic rings. The molecule has 0 aromatic heterocycles. The summed E-state index contributed by atoms with van der Waals surface area (Å²) in [5.41, 5.74) is 1.84. The molecule has 0 aliphatic heterocycles. The van der Waals surface area contributed by atoms with Gasteiger partial charge in [0.15, 0.2) is 0 Å². The lowest BCUT2D eigenvalue weighted by molar-refractivity contribution is -0.0327. The highest BCUT2D eigenvalue weighted by atomic mass is 32.2. The Labute approximate surface area is 94.2 Å². The second-order valence-electron chi connectivity index (χ2n) is 2.95. The molecule has 1 aromatic rings. The Kier molecular flexibility index (Phi) is 4.28. The highest BCUT2D eigenvalue weighted by molar-refractivity contribution is 8.00. The topological polar surface area (TPSA) is 38.0 Å². The van der Waals surface area contributed by atoms with E-state index in [4.69, 9.17) is 5.73 Å². The molecule has 0 fully saturated rings. The maximum absolute atomic E-state index is 12.6. The standard InChI is InChI=1S/C9H10F4N2S/c10-6-1-2-8(7(14)5-6)15-3-4-16-9(11,12)13/h1-2,5,15H,3-4,14H2. The van der Waals surface area contributed by atoms with Crippen molar-refractivity contribution in [3.63, 3.8) is 0 Å². The van der Waals surface area contributed by atoms with E-state index in [1.807, 2.05) is 0 Å². The van der Waals surface area contributed by atoms with Gasteiger partial charge in [-0.05, 0) is 30.0 Å². The van der Waals surface area contributed by atoms with Gasteiger partial charge in [-0.1, -0.05) is 0 Å². The molecule has 0 bridgehead atoms. The molecule has 0 aliphatic carbocycles. The zero-order valence-electron chi connectivity index (χ0n) is 8.14. The van der Waals surface area contributed by atoms with E-state index in [1.165, 1.54) is 12.1 Å². The number of thioether (sulfide) groups is 1. The number of anilines is 2. The summed E-state index contributed by atoms with van der Waals surface area (Å²) in [6.45, 7) is 0.111. The molecule has 7 heteroatoms. The molecule has 3 N–H and O–H groups in total. The molecule has 0 amide bonds. The Bertz CT molecular complexity index is 354. The smallest absolute Gasteiger partial charge is 0.397 e. The van der Waals surface area contributed by atoms with Gasteiger partial charge < -0.3 is 11.1 Å². The fourth-order valence-electron chi connectivity index (χ4n) is 1.05. The van der Waals surface area contributed by atoms with Crippen LogP contribution in [0.15, 0.2) is 18.2 Å². The van der Waals surface area contributed by atoms with Crippen LogP contribution in [0.25, 0.3) is 0 Å². The molecule has 0 saturated heterocycles. The Morgan fingerprint density at radius 3 is 2.56 bits per heavy atom. The zero-order chi connectivity index (χ0) is 12.2. The first-order valence-corrected chi connectivity index (χ1v) is 5.36. The fraction of sp³-hybridized carbons (Fsp3) is 0.333. The third-order valence-corrected chi connectivity index (χ3v) is 2.43. The lowest BCUT2D eigenvalue weighted by atomic mass is 10.2. The fourth-order valence-corrected chi connectivity index (χ4v) is 1.48. The van der Waals surface area contributed by atoms with E-state index in [0.717, 1.165) is 6.07 Å². The van der Waals surface area contributed by atoms with E-state index in [2.05, 4.69) is 5.32 Å². The number of hydrogen-bond donors (Lipinski definition) is 2. The molecule has 1 rings (SSSR count). The van der Waals surface area contributed by atoms with Crippen LogP contribution in [-0.4, -0.2) is 17.8 Å². The van der Waals surface area contributed by atoms with E-state index in [1.54, 1.807) is 0 Å². The first kappa shape index (κ1) is 13.0. The highest BCUT2D eigenvalue weighted by Gasteiger charge is 2.27. The third-order valence-electron chi connectivity index (χ3n) is 1.70. The molecule has 1 aromatic carbocycles. The van der Waals surface area contributed by atoms with Gasteiger partial charge in [-0.3, -0.25) is 0 Å². The predicted molar refractivity (Wildman–Crippen MR) is 57.8 cm³/mol. The van der Waals surface area contributed by atoms with Crippen LogP contribution in [-0.2, 0) is 0 Å². The lowest BCUT2D eigenvalue weighted by Gasteiger charge is -2.09. The molecule has 0 heterocycles. The number of halogens is 4. The zero-order valence-corrected chi connectivity index (χ0v) is 8.96. The van der Waals surface area contributed by atoms with E-state index >= 15 is 0 Å². The summed E-state index contributed by atoms with van der Waals surface area (Å²) >= 11 is -0.116. The maximum Gasteiger partial charge on any atom is 0.441 e. The van der Waals surface area contributed by atoms with Crippen LogP contribution in [0.2, 0.25) is 0 Å². The minimum atomic E-state index is -4.23. The number of alkyl halides is 3. The van der Waals surface area contributed by atoms with Crippen LogP contribution in [0.3, 0.4) is 0 Å². The Morgan fingerprint density at radius 2 is 2.00 bits per heavy atom. The van der Waals surface area contributed by atoms with Crippen molar-refractivity contribution >= 4 is 23.1 Å². The number of benzene rings is 1. The van der Waals surface area contributed by atoms with Crippen molar-refractivity contribution in [3.05, 3.63) is 24.0 Å². The van der Waals surface area contributed by atoms with E-state index in [9.17, 15) is 17.6 Å². The molecule has 0 spiro atoms. The van der Waals surface area contributed by atoms with Crippen LogP contribution in [0.5, 0.6) is 0 Å². The van der Waals surface area contributed by atoms with Gasteiger partial charge >= 0.3 is 5.51 Å². The van der Waals surface area contributed by atoms with Gasteiger partial charge in [0.2, 0.25) is 0 Å². The van der Waals surface area contributed by atoms with Crippen LogP contribution in [0, 0.1) is 5.82 Å². The predicted octanol–water partition coefficient (Wildman–Crippen LogP) is 3.07. The molecule has 0 saturated carbocycles. The number of nitrogen functional groups attached to an aromatic ring is 1. The number of rotatable bonds is 4. The van der Waals surface area contributed by atoms with Crippen molar-refractivity contribution < 1.29 is 17.6 Å². The first-order valence-electron chi connectivity index (χ1n) is 4.38. The van der Waals surface area contributed by atoms with Crippen molar-refractivity contribution in [1.29, 1.82) is 0 Å². The van der Waals surface area contributed by atoms with Crippen molar-refractivity contribution in [3.8, 4) is 0 Å². The van der Waals surface area contributed by atoms with Crippen LogP contribution in [0.4, 0.5) is 28.9 Å². The second-order valence-corrected chi connectivity index (χ2v) is 4.11. The van der Waals surface area contributed by atoms with Crippen molar-refractivity contribution in [2.24, 2.45) is 0 Å². The van der Waals surface area contributed by atoms with Gasteiger partial charge in [0.05, 0.1) is 11.4 Å². The second kappa shape index (κ2) is 5.29. The molecular formula is C9H10F4N2S. The third kappa shape index (κ3) is 4.61. The quantitative estimate of drug-likeness (QED) is 0.492. The normalized spacial score (nSPS) is 11.5. The minimum absolute atomic E-state index is 0.111. The summed E-state index contributed by atoms with van der Waals surface area (Å²) in [5, 5.41) is 2.70. The summed E-state index contributed by atoms with van der Waals surface area (Å²) in [7, 11) is 0. The van der Waals surface area contributed by atoms with E-state index < -0.39 is 11.3 Å². The van der Waals surface area contributed by atoms with Crippen LogP contribution >= 0.6 is 11.8 Å². The average Bonchev–Trinajstić information content (AvgIpc) is 2.13. The summed E-state index contributed by atoms with van der Waals surface area (Å²) in [4.78, 5) is 0. The molecule has 16 heavy (non-hydrogen) atoms. The van der Waals surface area contributed by atoms with Gasteiger partial charge in [-0.25, -0.2) is 4.39 Å². The Balaban J connectivity index is 2.38. The highest BCUT2D eigenvalue weighted by Crippen LogP contribution is 2.29. The summed E-state index contributed by atoms with van der Waals surface area (Å²) < 4.78 is 48.0. The van der Waals surface area contributed by atoms with Crippen LogP contribution < -0.4 is 11.1 Å². The summed E-state index contributed by atoms with van der Waals surface area (Å²) in [6, 6.07) is 3.69. The summed E-state index contributed by atoms with van der Waals surface area (Å²) in [5.74, 6) is -0.604. The van der Waals surface area contributed by atoms with Gasteiger partial charge in [-0.15, -0.1) is 0 Å². The lowest BCUT2D eigenvalue weighted by Crippen LogP contribution is -2.10. The van der Waals surface area contributed by atoms with Gasteiger partial charge in [0.1, 0.15) is 5.82 Å². The summed E-state index contributed by atoms with van der Waals surface area (Å²) in [6.07, 6.45) is 0. The molecule has 0 atom stereocenters. The molecule has 90 valence electrons. The largest absolute Gasteiger partial charge is 0.441 e. The van der Waals surface area contributed by atoms with E-state index in [-0.39, 0.29) is 29.7 Å². The van der Waals surface area contributed by atoms with Gasteiger partial charge in [-0.2, -0.15) is 13.2 Å². The minimum Gasteiger partial charge on any atom is -0.397 e. The van der Waals surface area contributed by atoms with Crippen molar-refractivity contribution in [2.75, 3.05) is 23.3 Å². The van der Waals surface area contributed by atoms with Crippen molar-refractivity contribution in [1.82, 2.24) is 0 Å².